The zero-order valence-corrected chi connectivity index (χ0v) is 42.2. The SMILES string of the molecule is CC/C=C\C/C=C\C/C=C\C/C=C\C/C=C\CCCCCC(=O)OCC(COC(=O)CCCCCCC/C=C\CCCCC)OC(=O)CCCCCCC/C=C\C/C=C\CCCCCC. The van der Waals surface area contributed by atoms with Crippen LogP contribution in [0.1, 0.15) is 239 Å². The lowest BCUT2D eigenvalue weighted by Crippen LogP contribution is -2.30. The summed E-state index contributed by atoms with van der Waals surface area (Å²) in [5.74, 6) is -0.957. The summed E-state index contributed by atoms with van der Waals surface area (Å²) in [4.78, 5) is 38.0. The van der Waals surface area contributed by atoms with Crippen LogP contribution in [-0.4, -0.2) is 37.2 Å². The second-order valence-corrected chi connectivity index (χ2v) is 17.4. The van der Waals surface area contributed by atoms with Gasteiger partial charge in [0.15, 0.2) is 6.10 Å². The van der Waals surface area contributed by atoms with E-state index in [0.717, 1.165) is 135 Å². The van der Waals surface area contributed by atoms with E-state index in [4.69, 9.17) is 14.2 Å². The molecule has 0 heterocycles. The van der Waals surface area contributed by atoms with Crippen molar-refractivity contribution in [1.29, 1.82) is 0 Å². The first-order valence-corrected chi connectivity index (χ1v) is 26.7. The monoisotopic (exact) mass is 903 g/mol. The number of rotatable bonds is 47. The number of hydrogen-bond donors (Lipinski definition) is 0. The predicted molar refractivity (Wildman–Crippen MR) is 279 cm³/mol. The molecule has 0 bridgehead atoms. The van der Waals surface area contributed by atoms with Crippen LogP contribution >= 0.6 is 0 Å². The van der Waals surface area contributed by atoms with Crippen LogP contribution in [0.15, 0.2) is 97.2 Å². The van der Waals surface area contributed by atoms with E-state index in [0.29, 0.717) is 19.3 Å². The third kappa shape index (κ3) is 51.2. The Morgan fingerprint density at radius 2 is 0.600 bits per heavy atom. The zero-order valence-electron chi connectivity index (χ0n) is 42.2. The molecule has 6 heteroatoms. The molecular weight excluding hydrogens is 805 g/mol. The lowest BCUT2D eigenvalue weighted by Gasteiger charge is -2.18. The Balaban J connectivity index is 4.48. The summed E-state index contributed by atoms with van der Waals surface area (Å²) >= 11 is 0. The summed E-state index contributed by atoms with van der Waals surface area (Å²) in [6, 6.07) is 0. The molecule has 0 radical (unpaired) electrons. The van der Waals surface area contributed by atoms with Crippen molar-refractivity contribution >= 4 is 17.9 Å². The third-order valence-corrected chi connectivity index (χ3v) is 11.0. The number of carbonyl (C=O) groups is 3. The third-order valence-electron chi connectivity index (χ3n) is 11.0. The lowest BCUT2D eigenvalue weighted by molar-refractivity contribution is -0.167. The molecule has 0 aromatic carbocycles. The highest BCUT2D eigenvalue weighted by atomic mass is 16.6. The second-order valence-electron chi connectivity index (χ2n) is 17.4. The number of unbranched alkanes of at least 4 members (excludes halogenated alkanes) is 20. The van der Waals surface area contributed by atoms with Crippen molar-refractivity contribution < 1.29 is 28.6 Å². The van der Waals surface area contributed by atoms with Crippen LogP contribution in [0.4, 0.5) is 0 Å². The van der Waals surface area contributed by atoms with Gasteiger partial charge in [-0.25, -0.2) is 0 Å². The van der Waals surface area contributed by atoms with Crippen LogP contribution in [0.3, 0.4) is 0 Å². The summed E-state index contributed by atoms with van der Waals surface area (Å²) in [7, 11) is 0. The van der Waals surface area contributed by atoms with E-state index in [2.05, 4.69) is 118 Å². The van der Waals surface area contributed by atoms with Gasteiger partial charge in [0.1, 0.15) is 13.2 Å². The molecular formula is C59H98O6. The van der Waals surface area contributed by atoms with Crippen LogP contribution < -0.4 is 0 Å². The van der Waals surface area contributed by atoms with E-state index in [1.54, 1.807) is 0 Å². The minimum atomic E-state index is -0.802. The Kier molecular flexibility index (Phi) is 50.0. The molecule has 65 heavy (non-hydrogen) atoms. The molecule has 1 unspecified atom stereocenters. The van der Waals surface area contributed by atoms with Gasteiger partial charge in [-0.3, -0.25) is 14.4 Å². The molecule has 0 aliphatic rings. The van der Waals surface area contributed by atoms with E-state index in [-0.39, 0.29) is 31.1 Å². The Morgan fingerprint density at radius 1 is 0.323 bits per heavy atom. The van der Waals surface area contributed by atoms with Crippen molar-refractivity contribution in [3.63, 3.8) is 0 Å². The molecule has 0 fully saturated rings. The first-order chi connectivity index (χ1) is 32.0. The largest absolute Gasteiger partial charge is 0.462 e. The minimum absolute atomic E-state index is 0.0992. The smallest absolute Gasteiger partial charge is 0.306 e. The predicted octanol–water partition coefficient (Wildman–Crippen LogP) is 17.8. The average Bonchev–Trinajstić information content (AvgIpc) is 3.30. The van der Waals surface area contributed by atoms with Crippen LogP contribution in [0, 0.1) is 0 Å². The van der Waals surface area contributed by atoms with E-state index < -0.39 is 6.10 Å². The molecule has 0 N–H and O–H groups in total. The van der Waals surface area contributed by atoms with Crippen LogP contribution in [0.5, 0.6) is 0 Å². The van der Waals surface area contributed by atoms with Gasteiger partial charge in [-0.15, -0.1) is 0 Å². The van der Waals surface area contributed by atoms with E-state index in [9.17, 15) is 14.4 Å². The topological polar surface area (TPSA) is 78.9 Å². The van der Waals surface area contributed by atoms with E-state index in [1.165, 1.54) is 64.2 Å². The van der Waals surface area contributed by atoms with E-state index >= 15 is 0 Å². The lowest BCUT2D eigenvalue weighted by atomic mass is 10.1. The quantitative estimate of drug-likeness (QED) is 0.0262. The number of carbonyl (C=O) groups excluding carboxylic acids is 3. The Hall–Kier alpha value is -3.67. The molecule has 0 aromatic heterocycles. The first-order valence-electron chi connectivity index (χ1n) is 26.7. The second kappa shape index (κ2) is 52.9. The number of allylic oxidation sites excluding steroid dienone is 16. The van der Waals surface area contributed by atoms with Gasteiger partial charge in [0.2, 0.25) is 0 Å². The van der Waals surface area contributed by atoms with Crippen LogP contribution in [0.2, 0.25) is 0 Å². The maximum Gasteiger partial charge on any atom is 0.306 e. The van der Waals surface area contributed by atoms with Crippen molar-refractivity contribution in [3.05, 3.63) is 97.2 Å². The average molecular weight is 903 g/mol. The van der Waals surface area contributed by atoms with Gasteiger partial charge >= 0.3 is 17.9 Å². The molecule has 0 spiro atoms. The molecule has 0 aliphatic carbocycles. The van der Waals surface area contributed by atoms with Crippen molar-refractivity contribution in [3.8, 4) is 0 Å². The fourth-order valence-corrected chi connectivity index (χ4v) is 7.02. The standard InChI is InChI=1S/C59H98O6/c1-4-7-10-13-16-19-22-25-27-29-30-31-33-34-37-40-43-46-49-52-58(61)64-55-56(54-63-57(60)51-48-45-42-39-36-24-21-18-15-12-9-6-3)65-59(62)53-50-47-44-41-38-35-32-28-26-23-20-17-14-11-8-5-2/h7,10,16,18-21,23,25,27-28,30-32,34,37,56H,4-6,8-9,11-15,17,22,24,26,29,33,35-36,38-55H2,1-3H3/b10-7-,19-16-,21-18-,23-20-,27-25-,31-30-,32-28-,37-34-. The summed E-state index contributed by atoms with van der Waals surface area (Å²) < 4.78 is 16.8. The van der Waals surface area contributed by atoms with Crippen molar-refractivity contribution in [2.24, 2.45) is 0 Å². The number of ether oxygens (including phenoxy) is 3. The van der Waals surface area contributed by atoms with E-state index in [1.807, 2.05) is 0 Å². The molecule has 1 atom stereocenters. The molecule has 0 aliphatic heterocycles. The Labute approximate surface area is 400 Å². The van der Waals surface area contributed by atoms with Gasteiger partial charge in [0, 0.05) is 19.3 Å². The minimum Gasteiger partial charge on any atom is -0.462 e. The fraction of sp³-hybridized carbons (Fsp3) is 0.678. The maximum atomic E-state index is 12.8. The van der Waals surface area contributed by atoms with Crippen molar-refractivity contribution in [2.45, 2.75) is 245 Å². The molecule has 0 amide bonds. The Morgan fingerprint density at radius 3 is 1.00 bits per heavy atom. The van der Waals surface area contributed by atoms with Gasteiger partial charge in [-0.1, -0.05) is 195 Å². The Bertz CT molecular complexity index is 1310. The normalized spacial score (nSPS) is 12.8. The molecule has 0 rings (SSSR count). The van der Waals surface area contributed by atoms with Crippen LogP contribution in [0.25, 0.3) is 0 Å². The molecule has 0 aromatic rings. The van der Waals surface area contributed by atoms with Gasteiger partial charge in [-0.05, 0) is 122 Å². The van der Waals surface area contributed by atoms with Crippen LogP contribution in [-0.2, 0) is 28.6 Å². The summed E-state index contributed by atoms with van der Waals surface area (Å²) in [6.07, 6.45) is 69.6. The summed E-state index contributed by atoms with van der Waals surface area (Å²) in [5, 5.41) is 0. The molecule has 0 saturated heterocycles. The highest BCUT2D eigenvalue weighted by Gasteiger charge is 2.19. The molecule has 370 valence electrons. The summed E-state index contributed by atoms with van der Waals surface area (Å²) in [6.45, 7) is 6.43. The van der Waals surface area contributed by atoms with Crippen molar-refractivity contribution in [1.82, 2.24) is 0 Å². The zero-order chi connectivity index (χ0) is 47.2. The fourth-order valence-electron chi connectivity index (χ4n) is 7.02. The van der Waals surface area contributed by atoms with Gasteiger partial charge in [-0.2, -0.15) is 0 Å². The summed E-state index contributed by atoms with van der Waals surface area (Å²) in [5.41, 5.74) is 0. The molecule has 0 saturated carbocycles. The van der Waals surface area contributed by atoms with Gasteiger partial charge < -0.3 is 14.2 Å². The van der Waals surface area contributed by atoms with Gasteiger partial charge in [0.05, 0.1) is 0 Å². The number of hydrogen-bond acceptors (Lipinski definition) is 6. The highest BCUT2D eigenvalue weighted by molar-refractivity contribution is 5.71. The first kappa shape index (κ1) is 61.3. The van der Waals surface area contributed by atoms with Crippen molar-refractivity contribution in [2.75, 3.05) is 13.2 Å². The highest BCUT2D eigenvalue weighted by Crippen LogP contribution is 2.13. The molecule has 6 nitrogen and oxygen atoms in total. The van der Waals surface area contributed by atoms with Gasteiger partial charge in [0.25, 0.3) is 0 Å². The maximum absolute atomic E-state index is 12.8. The number of esters is 3.